The molecule has 4 aromatic rings. The van der Waals surface area contributed by atoms with E-state index in [1.54, 1.807) is 0 Å². The Kier molecular flexibility index (Phi) is 4.40. The summed E-state index contributed by atoms with van der Waals surface area (Å²) in [5.74, 6) is 0.753. The van der Waals surface area contributed by atoms with Gasteiger partial charge in [0, 0.05) is 23.9 Å². The number of aromatic amines is 1. The molecule has 144 valence electrons. The highest BCUT2D eigenvalue weighted by Gasteiger charge is 2.24. The van der Waals surface area contributed by atoms with Crippen molar-refractivity contribution in [3.05, 3.63) is 76.6 Å². The molecule has 7 nitrogen and oxygen atoms in total. The molecule has 0 aliphatic carbocycles. The first-order valence-electron chi connectivity index (χ1n) is 9.25. The van der Waals surface area contributed by atoms with Crippen molar-refractivity contribution in [1.29, 1.82) is 0 Å². The Hall–Kier alpha value is -3.39. The highest BCUT2D eigenvalue weighted by molar-refractivity contribution is 7.99. The van der Waals surface area contributed by atoms with Gasteiger partial charge < -0.3 is 4.90 Å². The van der Waals surface area contributed by atoms with E-state index in [0.29, 0.717) is 23.2 Å². The number of hydrogen-bond acceptors (Lipinski definition) is 5. The largest absolute Gasteiger partial charge is 0.311 e. The number of carbonyl (C=O) groups is 1. The monoisotopic (exact) mass is 403 g/mol. The lowest BCUT2D eigenvalue weighted by Gasteiger charge is -2.17. The lowest BCUT2D eigenvalue weighted by Crippen LogP contribution is -2.30. The number of anilines is 1. The van der Waals surface area contributed by atoms with Crippen LogP contribution in [-0.2, 0) is 11.2 Å². The lowest BCUT2D eigenvalue weighted by atomic mass is 10.2. The number of nitrogens with one attached hydrogen (secondary N) is 1. The summed E-state index contributed by atoms with van der Waals surface area (Å²) in [6, 6.07) is 19.0. The van der Waals surface area contributed by atoms with Gasteiger partial charge in [-0.3, -0.25) is 14.7 Å². The molecular weight excluding hydrogens is 386 g/mol. The topological polar surface area (TPSA) is 83.4 Å². The summed E-state index contributed by atoms with van der Waals surface area (Å²) in [4.78, 5) is 35.6. The quantitative estimate of drug-likeness (QED) is 0.530. The average Bonchev–Trinajstić information content (AvgIpc) is 3.35. The summed E-state index contributed by atoms with van der Waals surface area (Å²) in [5.41, 5.74) is 3.24. The van der Waals surface area contributed by atoms with Crippen molar-refractivity contribution in [2.24, 2.45) is 0 Å². The highest BCUT2D eigenvalue weighted by atomic mass is 32.2. The number of carbonyl (C=O) groups excluding carboxylic acids is 1. The van der Waals surface area contributed by atoms with E-state index < -0.39 is 0 Å². The fraction of sp³-hybridized carbons (Fsp3) is 0.143. The molecule has 0 atom stereocenters. The molecule has 3 heterocycles. The fourth-order valence-electron chi connectivity index (χ4n) is 3.50. The molecule has 0 bridgehead atoms. The van der Waals surface area contributed by atoms with E-state index in [1.165, 1.54) is 27.9 Å². The molecule has 0 fully saturated rings. The van der Waals surface area contributed by atoms with Crippen molar-refractivity contribution in [3.8, 4) is 11.4 Å². The summed E-state index contributed by atoms with van der Waals surface area (Å²) in [7, 11) is 0. The van der Waals surface area contributed by atoms with E-state index in [4.69, 9.17) is 0 Å². The number of nitrogens with zero attached hydrogens (tertiary/aromatic N) is 4. The third kappa shape index (κ3) is 3.31. The Morgan fingerprint density at radius 2 is 1.86 bits per heavy atom. The number of para-hydroxylation sites is 1. The van der Waals surface area contributed by atoms with Crippen molar-refractivity contribution in [2.75, 3.05) is 17.2 Å². The first kappa shape index (κ1) is 17.7. The Bertz CT molecular complexity index is 1270. The van der Waals surface area contributed by atoms with Gasteiger partial charge in [0.15, 0.2) is 16.6 Å². The predicted molar refractivity (Wildman–Crippen MR) is 112 cm³/mol. The van der Waals surface area contributed by atoms with E-state index in [-0.39, 0.29) is 17.2 Å². The Balaban J connectivity index is 1.44. The maximum absolute atomic E-state index is 12.9. The Labute approximate surface area is 170 Å². The van der Waals surface area contributed by atoms with Crippen molar-refractivity contribution < 1.29 is 4.79 Å². The molecule has 0 saturated carbocycles. The van der Waals surface area contributed by atoms with Gasteiger partial charge in [-0.25, -0.2) is 14.5 Å². The standard InChI is InChI=1S/C21H17N5O2S/c27-18-12-17-22-20(15-7-2-1-3-8-15)23-21(26(17)24-18)29-13-19(28)25-11-10-14-6-4-5-9-16(14)25/h1-9,12H,10-11,13H2,(H,24,27). The van der Waals surface area contributed by atoms with Crippen LogP contribution < -0.4 is 10.5 Å². The molecule has 1 aliphatic heterocycles. The minimum atomic E-state index is -0.258. The van der Waals surface area contributed by atoms with E-state index in [9.17, 15) is 9.59 Å². The number of amides is 1. The number of H-pyrrole nitrogens is 1. The maximum Gasteiger partial charge on any atom is 0.266 e. The summed E-state index contributed by atoms with van der Waals surface area (Å²) < 4.78 is 1.53. The molecule has 0 saturated heterocycles. The van der Waals surface area contributed by atoms with E-state index >= 15 is 0 Å². The van der Waals surface area contributed by atoms with E-state index in [1.807, 2.05) is 53.4 Å². The molecule has 0 unspecified atom stereocenters. The van der Waals surface area contributed by atoms with Crippen molar-refractivity contribution in [2.45, 2.75) is 11.6 Å². The number of hydrogen-bond donors (Lipinski definition) is 1. The van der Waals surface area contributed by atoms with Crippen LogP contribution >= 0.6 is 11.8 Å². The molecule has 2 aromatic heterocycles. The summed E-state index contributed by atoms with van der Waals surface area (Å²) >= 11 is 1.29. The van der Waals surface area contributed by atoms with Crippen LogP contribution in [0.1, 0.15) is 5.56 Å². The van der Waals surface area contributed by atoms with Crippen molar-refractivity contribution >= 4 is 29.0 Å². The smallest absolute Gasteiger partial charge is 0.266 e. The van der Waals surface area contributed by atoms with Gasteiger partial charge in [-0.15, -0.1) is 0 Å². The SMILES string of the molecule is O=C(CSc1nc(-c2ccccc2)nc2cc(=O)[nH]n12)N1CCc2ccccc21. The highest BCUT2D eigenvalue weighted by Crippen LogP contribution is 2.29. The van der Waals surface area contributed by atoms with Gasteiger partial charge in [0.1, 0.15) is 0 Å². The van der Waals surface area contributed by atoms with Crippen LogP contribution in [0.15, 0.2) is 70.6 Å². The van der Waals surface area contributed by atoms with Gasteiger partial charge in [0.25, 0.3) is 5.56 Å². The number of fused-ring (bicyclic) bond motifs is 2. The molecule has 1 N–H and O–H groups in total. The molecule has 1 aliphatic rings. The van der Waals surface area contributed by atoms with Crippen molar-refractivity contribution in [1.82, 2.24) is 19.6 Å². The zero-order valence-corrected chi connectivity index (χ0v) is 16.2. The molecular formula is C21H17N5O2S. The third-order valence-electron chi connectivity index (χ3n) is 4.87. The zero-order chi connectivity index (χ0) is 19.8. The molecule has 5 rings (SSSR count). The van der Waals surface area contributed by atoms with Gasteiger partial charge in [-0.2, -0.15) is 0 Å². The van der Waals surface area contributed by atoms with Gasteiger partial charge in [0.2, 0.25) is 5.91 Å². The molecule has 29 heavy (non-hydrogen) atoms. The minimum Gasteiger partial charge on any atom is -0.311 e. The predicted octanol–water partition coefficient (Wildman–Crippen LogP) is 2.77. The van der Waals surface area contributed by atoms with Gasteiger partial charge in [-0.1, -0.05) is 60.3 Å². The lowest BCUT2D eigenvalue weighted by molar-refractivity contribution is -0.116. The summed E-state index contributed by atoms with van der Waals surface area (Å²) in [6.45, 7) is 0.688. The third-order valence-corrected chi connectivity index (χ3v) is 5.79. The van der Waals surface area contributed by atoms with Gasteiger partial charge >= 0.3 is 0 Å². The second-order valence-electron chi connectivity index (χ2n) is 6.72. The molecule has 1 amide bonds. The normalized spacial score (nSPS) is 13.0. The van der Waals surface area contributed by atoms with Crippen LogP contribution in [0.4, 0.5) is 5.69 Å². The van der Waals surface area contributed by atoms with E-state index in [2.05, 4.69) is 21.1 Å². The summed E-state index contributed by atoms with van der Waals surface area (Å²) in [6.07, 6.45) is 0.868. The maximum atomic E-state index is 12.9. The fourth-order valence-corrected chi connectivity index (χ4v) is 4.33. The Morgan fingerprint density at radius 3 is 2.72 bits per heavy atom. The van der Waals surface area contributed by atoms with E-state index in [0.717, 1.165) is 17.7 Å². The van der Waals surface area contributed by atoms with Crippen LogP contribution in [0, 0.1) is 0 Å². The van der Waals surface area contributed by atoms with Gasteiger partial charge in [-0.05, 0) is 18.1 Å². The van der Waals surface area contributed by atoms with Gasteiger partial charge in [0.05, 0.1) is 5.75 Å². The number of thioether (sulfide) groups is 1. The zero-order valence-electron chi connectivity index (χ0n) is 15.4. The first-order valence-corrected chi connectivity index (χ1v) is 10.2. The number of rotatable bonds is 4. The first-order chi connectivity index (χ1) is 14.2. The van der Waals surface area contributed by atoms with Crippen LogP contribution in [0.3, 0.4) is 0 Å². The number of benzene rings is 2. The van der Waals surface area contributed by atoms with Crippen LogP contribution in [-0.4, -0.2) is 37.8 Å². The molecule has 8 heteroatoms. The second kappa shape index (κ2) is 7.21. The average molecular weight is 403 g/mol. The molecule has 0 radical (unpaired) electrons. The van der Waals surface area contributed by atoms with Crippen LogP contribution in [0.25, 0.3) is 17.0 Å². The molecule has 0 spiro atoms. The minimum absolute atomic E-state index is 0.0162. The van der Waals surface area contributed by atoms with Crippen LogP contribution in [0.5, 0.6) is 0 Å². The molecule has 2 aromatic carbocycles. The Morgan fingerprint density at radius 1 is 1.07 bits per heavy atom. The summed E-state index contributed by atoms with van der Waals surface area (Å²) in [5, 5.41) is 3.23. The second-order valence-corrected chi connectivity index (χ2v) is 7.67. The number of aromatic nitrogens is 4. The van der Waals surface area contributed by atoms with Crippen molar-refractivity contribution in [3.63, 3.8) is 0 Å². The van der Waals surface area contributed by atoms with Crippen LogP contribution in [0.2, 0.25) is 0 Å².